The molecule has 1 aromatic rings. The van der Waals surface area contributed by atoms with Crippen LogP contribution in [-0.4, -0.2) is 14.6 Å². The van der Waals surface area contributed by atoms with E-state index < -0.39 is 0 Å². The Morgan fingerprint density at radius 2 is 2.08 bits per heavy atom. The molecule has 0 aliphatic heterocycles. The van der Waals surface area contributed by atoms with Gasteiger partial charge in [-0.2, -0.15) is 5.10 Å². The van der Waals surface area contributed by atoms with Gasteiger partial charge in [-0.3, -0.25) is 4.68 Å². The van der Waals surface area contributed by atoms with Crippen LogP contribution in [0.25, 0.3) is 0 Å². The molecule has 1 aromatic heterocycles. The van der Waals surface area contributed by atoms with Crippen LogP contribution in [0.3, 0.4) is 0 Å². The number of rotatable bonds is 2. The summed E-state index contributed by atoms with van der Waals surface area (Å²) < 4.78 is 1.87. The first-order valence-electron chi connectivity index (χ1n) is 4.16. The molecule has 1 heterocycles. The lowest BCUT2D eigenvalue weighted by molar-refractivity contribution is 0.748. The highest BCUT2D eigenvalue weighted by molar-refractivity contribution is 9.09. The van der Waals surface area contributed by atoms with Crippen LogP contribution in [0.4, 0.5) is 0 Å². The second kappa shape index (κ2) is 3.60. The maximum atomic E-state index is 4.31. The van der Waals surface area contributed by atoms with E-state index in [2.05, 4.69) is 48.0 Å². The van der Waals surface area contributed by atoms with Gasteiger partial charge < -0.3 is 0 Å². The van der Waals surface area contributed by atoms with E-state index in [4.69, 9.17) is 0 Å². The highest BCUT2D eigenvalue weighted by atomic mass is 79.9. The standard InChI is InChI=1S/C9H15BrN2/c1-6(7(2)10)9-5-12(4)11-8(9)3/h5-7H,1-4H3. The van der Waals surface area contributed by atoms with Crippen molar-refractivity contribution in [3.05, 3.63) is 17.5 Å². The lowest BCUT2D eigenvalue weighted by Crippen LogP contribution is -2.04. The predicted molar refractivity (Wildman–Crippen MR) is 54.7 cm³/mol. The first-order valence-corrected chi connectivity index (χ1v) is 5.08. The molecule has 0 N–H and O–H groups in total. The van der Waals surface area contributed by atoms with Gasteiger partial charge in [0.1, 0.15) is 0 Å². The van der Waals surface area contributed by atoms with Crippen molar-refractivity contribution in [1.82, 2.24) is 9.78 Å². The average Bonchev–Trinajstić information content (AvgIpc) is 2.28. The molecular weight excluding hydrogens is 216 g/mol. The first-order chi connectivity index (χ1) is 5.52. The highest BCUT2D eigenvalue weighted by Gasteiger charge is 2.15. The van der Waals surface area contributed by atoms with E-state index in [1.807, 2.05) is 11.7 Å². The van der Waals surface area contributed by atoms with Crippen molar-refractivity contribution in [2.75, 3.05) is 0 Å². The van der Waals surface area contributed by atoms with E-state index in [9.17, 15) is 0 Å². The van der Waals surface area contributed by atoms with Crippen molar-refractivity contribution >= 4 is 15.9 Å². The van der Waals surface area contributed by atoms with Gasteiger partial charge in [0.05, 0.1) is 5.69 Å². The summed E-state index contributed by atoms with van der Waals surface area (Å²) in [5.74, 6) is 0.527. The molecule has 0 spiro atoms. The minimum absolute atomic E-state index is 0.500. The number of hydrogen-bond acceptors (Lipinski definition) is 1. The van der Waals surface area contributed by atoms with Crippen molar-refractivity contribution in [3.8, 4) is 0 Å². The molecule has 0 fully saturated rings. The number of aryl methyl sites for hydroxylation is 2. The molecule has 0 aliphatic carbocycles. The predicted octanol–water partition coefficient (Wildman–Crippen LogP) is 2.62. The molecule has 2 unspecified atom stereocenters. The fraction of sp³-hybridized carbons (Fsp3) is 0.667. The van der Waals surface area contributed by atoms with Crippen molar-refractivity contribution < 1.29 is 0 Å². The lowest BCUT2D eigenvalue weighted by Gasteiger charge is -2.12. The molecule has 0 bridgehead atoms. The molecule has 0 saturated heterocycles. The summed E-state index contributed by atoms with van der Waals surface area (Å²) in [6, 6.07) is 0. The van der Waals surface area contributed by atoms with Crippen LogP contribution in [0.15, 0.2) is 6.20 Å². The molecule has 2 nitrogen and oxygen atoms in total. The fourth-order valence-corrected chi connectivity index (χ4v) is 1.60. The Kier molecular flexibility index (Phi) is 2.94. The molecule has 1 rings (SSSR count). The molecule has 3 heteroatoms. The van der Waals surface area contributed by atoms with Crippen LogP contribution >= 0.6 is 15.9 Å². The monoisotopic (exact) mass is 230 g/mol. The lowest BCUT2D eigenvalue weighted by atomic mass is 10.00. The van der Waals surface area contributed by atoms with Gasteiger partial charge in [0.2, 0.25) is 0 Å². The highest BCUT2D eigenvalue weighted by Crippen LogP contribution is 2.25. The number of hydrogen-bond donors (Lipinski definition) is 0. The molecular formula is C9H15BrN2. The maximum Gasteiger partial charge on any atom is 0.0628 e. The number of nitrogens with zero attached hydrogens (tertiary/aromatic N) is 2. The summed E-state index contributed by atoms with van der Waals surface area (Å²) in [6.45, 7) is 6.43. The summed E-state index contributed by atoms with van der Waals surface area (Å²) in [4.78, 5) is 0.500. The Morgan fingerprint density at radius 3 is 2.42 bits per heavy atom. The van der Waals surface area contributed by atoms with Crippen LogP contribution in [0.2, 0.25) is 0 Å². The Morgan fingerprint density at radius 1 is 1.50 bits per heavy atom. The van der Waals surface area contributed by atoms with Crippen molar-refractivity contribution in [1.29, 1.82) is 0 Å². The normalized spacial score (nSPS) is 16.1. The molecule has 0 radical (unpaired) electrons. The molecule has 0 saturated carbocycles. The van der Waals surface area contributed by atoms with Gasteiger partial charge in [0, 0.05) is 18.1 Å². The Labute approximate surface area is 82.1 Å². The Balaban J connectivity index is 2.94. The van der Waals surface area contributed by atoms with Crippen LogP contribution < -0.4 is 0 Å². The number of alkyl halides is 1. The molecule has 68 valence electrons. The molecule has 2 atom stereocenters. The van der Waals surface area contributed by atoms with Gasteiger partial charge in [0.15, 0.2) is 0 Å². The third kappa shape index (κ3) is 1.89. The maximum absolute atomic E-state index is 4.31. The van der Waals surface area contributed by atoms with Gasteiger partial charge in [-0.1, -0.05) is 29.8 Å². The van der Waals surface area contributed by atoms with E-state index in [1.165, 1.54) is 5.56 Å². The fourth-order valence-electron chi connectivity index (χ4n) is 1.31. The van der Waals surface area contributed by atoms with Crippen LogP contribution in [0, 0.1) is 6.92 Å². The van der Waals surface area contributed by atoms with Crippen molar-refractivity contribution in [3.63, 3.8) is 0 Å². The Hall–Kier alpha value is -0.310. The van der Waals surface area contributed by atoms with E-state index in [1.54, 1.807) is 0 Å². The van der Waals surface area contributed by atoms with E-state index in [-0.39, 0.29) is 0 Å². The summed E-state index contributed by atoms with van der Waals surface area (Å²) in [5.41, 5.74) is 2.47. The minimum Gasteiger partial charge on any atom is -0.275 e. The summed E-state index contributed by atoms with van der Waals surface area (Å²) in [6.07, 6.45) is 2.10. The van der Waals surface area contributed by atoms with Gasteiger partial charge in [0.25, 0.3) is 0 Å². The molecule has 0 aromatic carbocycles. The summed E-state index contributed by atoms with van der Waals surface area (Å²) in [5, 5.41) is 4.31. The van der Waals surface area contributed by atoms with Gasteiger partial charge in [-0.25, -0.2) is 0 Å². The summed E-state index contributed by atoms with van der Waals surface area (Å²) in [7, 11) is 1.96. The minimum atomic E-state index is 0.500. The van der Waals surface area contributed by atoms with Crippen molar-refractivity contribution in [2.45, 2.75) is 31.5 Å². The van der Waals surface area contributed by atoms with Gasteiger partial charge in [-0.05, 0) is 18.4 Å². The Bertz CT molecular complexity index is 265. The third-order valence-electron chi connectivity index (χ3n) is 2.23. The smallest absolute Gasteiger partial charge is 0.0628 e. The molecule has 12 heavy (non-hydrogen) atoms. The largest absolute Gasteiger partial charge is 0.275 e. The van der Waals surface area contributed by atoms with E-state index in [0.717, 1.165) is 5.69 Å². The van der Waals surface area contributed by atoms with Gasteiger partial charge >= 0.3 is 0 Å². The van der Waals surface area contributed by atoms with Crippen LogP contribution in [0.1, 0.15) is 31.0 Å². The van der Waals surface area contributed by atoms with E-state index in [0.29, 0.717) is 10.7 Å². The van der Waals surface area contributed by atoms with E-state index >= 15 is 0 Å². The molecule has 0 aliphatic rings. The summed E-state index contributed by atoms with van der Waals surface area (Å²) >= 11 is 3.58. The zero-order valence-electron chi connectivity index (χ0n) is 8.00. The second-order valence-corrected chi connectivity index (χ2v) is 4.75. The zero-order valence-corrected chi connectivity index (χ0v) is 9.59. The average molecular weight is 231 g/mol. The third-order valence-corrected chi connectivity index (χ3v) is 3.02. The first kappa shape index (κ1) is 9.78. The second-order valence-electron chi connectivity index (χ2n) is 3.31. The van der Waals surface area contributed by atoms with Crippen LogP contribution in [-0.2, 0) is 7.05 Å². The molecule has 0 amide bonds. The van der Waals surface area contributed by atoms with Gasteiger partial charge in [-0.15, -0.1) is 0 Å². The quantitative estimate of drug-likeness (QED) is 0.715. The number of halogens is 1. The SMILES string of the molecule is Cc1nn(C)cc1C(C)C(C)Br. The zero-order chi connectivity index (χ0) is 9.30. The topological polar surface area (TPSA) is 17.8 Å². The van der Waals surface area contributed by atoms with Crippen molar-refractivity contribution in [2.24, 2.45) is 7.05 Å². The number of aromatic nitrogens is 2. The van der Waals surface area contributed by atoms with Crippen LogP contribution in [0.5, 0.6) is 0 Å².